The average molecular weight is 492 g/mol. The van der Waals surface area contributed by atoms with E-state index in [2.05, 4.69) is 39.8 Å². The average Bonchev–Trinajstić information content (AvgIpc) is 2.79. The SMILES string of the molecule is CSNC(=O)C(C)(C)c1ccc(N(CC(C)C)C2CCOCC2)c(Nc2ccc(Cl)cn2)n1. The van der Waals surface area contributed by atoms with Crippen molar-refractivity contribution in [2.24, 2.45) is 5.92 Å². The van der Waals surface area contributed by atoms with Gasteiger partial charge >= 0.3 is 0 Å². The number of halogens is 1. The lowest BCUT2D eigenvalue weighted by molar-refractivity contribution is -0.123. The van der Waals surface area contributed by atoms with Gasteiger partial charge in [0.1, 0.15) is 5.82 Å². The predicted octanol–water partition coefficient (Wildman–Crippen LogP) is 5.19. The van der Waals surface area contributed by atoms with Gasteiger partial charge in [0.25, 0.3) is 0 Å². The second-order valence-corrected chi connectivity index (χ2v) is 10.2. The Balaban J connectivity index is 2.06. The zero-order chi connectivity index (χ0) is 24.0. The molecule has 0 unspecified atom stereocenters. The molecule has 0 spiro atoms. The molecule has 1 aliphatic rings. The van der Waals surface area contributed by atoms with Crippen molar-refractivity contribution in [3.63, 3.8) is 0 Å². The quantitative estimate of drug-likeness (QED) is 0.467. The van der Waals surface area contributed by atoms with Gasteiger partial charge in [-0.05, 0) is 56.9 Å². The topological polar surface area (TPSA) is 79.4 Å². The molecule has 1 amide bonds. The Bertz CT molecular complexity index is 933. The van der Waals surface area contributed by atoms with Crippen molar-refractivity contribution in [3.05, 3.63) is 41.2 Å². The number of carbonyl (C=O) groups is 1. The molecule has 1 fully saturated rings. The maximum atomic E-state index is 12.7. The Morgan fingerprint density at radius 3 is 2.61 bits per heavy atom. The van der Waals surface area contributed by atoms with Crippen molar-refractivity contribution >= 4 is 46.8 Å². The van der Waals surface area contributed by atoms with Gasteiger partial charge in [-0.1, -0.05) is 37.4 Å². The van der Waals surface area contributed by atoms with Crippen LogP contribution in [0.4, 0.5) is 17.3 Å². The molecule has 0 saturated carbocycles. The van der Waals surface area contributed by atoms with Crippen LogP contribution in [-0.4, -0.2) is 47.9 Å². The molecule has 9 heteroatoms. The molecule has 0 bridgehead atoms. The molecule has 2 aromatic heterocycles. The third-order valence-electron chi connectivity index (χ3n) is 5.75. The number of carbonyl (C=O) groups excluding carboxylic acids is 1. The first-order valence-electron chi connectivity index (χ1n) is 11.3. The molecular weight excluding hydrogens is 458 g/mol. The molecule has 0 aliphatic carbocycles. The number of ether oxygens (including phenoxy) is 1. The van der Waals surface area contributed by atoms with Crippen LogP contribution >= 0.6 is 23.5 Å². The molecular formula is C24H34ClN5O2S. The fraction of sp³-hybridized carbons (Fsp3) is 0.542. The monoisotopic (exact) mass is 491 g/mol. The van der Waals surface area contributed by atoms with Gasteiger partial charge in [-0.25, -0.2) is 9.97 Å². The Morgan fingerprint density at radius 1 is 1.27 bits per heavy atom. The lowest BCUT2D eigenvalue weighted by Gasteiger charge is -2.38. The van der Waals surface area contributed by atoms with Gasteiger partial charge in [-0.15, -0.1) is 0 Å². The summed E-state index contributed by atoms with van der Waals surface area (Å²) in [6.45, 7) is 10.6. The molecule has 1 aliphatic heterocycles. The number of pyridine rings is 2. The van der Waals surface area contributed by atoms with E-state index in [1.807, 2.05) is 32.2 Å². The Morgan fingerprint density at radius 2 is 2.00 bits per heavy atom. The van der Waals surface area contributed by atoms with Crippen LogP contribution in [0.15, 0.2) is 30.5 Å². The lowest BCUT2D eigenvalue weighted by atomic mass is 9.88. The first-order chi connectivity index (χ1) is 15.7. The van der Waals surface area contributed by atoms with Crippen LogP contribution < -0.4 is 14.9 Å². The fourth-order valence-electron chi connectivity index (χ4n) is 3.87. The third-order valence-corrected chi connectivity index (χ3v) is 6.37. The van der Waals surface area contributed by atoms with Crippen LogP contribution in [0.3, 0.4) is 0 Å². The van der Waals surface area contributed by atoms with E-state index in [4.69, 9.17) is 21.3 Å². The van der Waals surface area contributed by atoms with Gasteiger partial charge in [-0.2, -0.15) is 0 Å². The Hall–Kier alpha value is -2.03. The van der Waals surface area contributed by atoms with Crippen molar-refractivity contribution in [3.8, 4) is 0 Å². The van der Waals surface area contributed by atoms with E-state index in [9.17, 15) is 4.79 Å². The molecule has 0 aromatic carbocycles. The van der Waals surface area contributed by atoms with Crippen LogP contribution in [0.5, 0.6) is 0 Å². The van der Waals surface area contributed by atoms with Crippen LogP contribution in [0.2, 0.25) is 5.02 Å². The van der Waals surface area contributed by atoms with E-state index in [-0.39, 0.29) is 5.91 Å². The molecule has 2 aromatic rings. The normalized spacial score (nSPS) is 14.9. The summed E-state index contributed by atoms with van der Waals surface area (Å²) in [5, 5.41) is 3.96. The fourth-order valence-corrected chi connectivity index (χ4v) is 4.42. The van der Waals surface area contributed by atoms with Crippen molar-refractivity contribution < 1.29 is 9.53 Å². The van der Waals surface area contributed by atoms with Crippen LogP contribution in [-0.2, 0) is 14.9 Å². The maximum absolute atomic E-state index is 12.7. The van der Waals surface area contributed by atoms with E-state index in [0.29, 0.717) is 34.3 Å². The molecule has 0 radical (unpaired) electrons. The summed E-state index contributed by atoms with van der Waals surface area (Å²) in [6, 6.07) is 8.02. The van der Waals surface area contributed by atoms with Gasteiger partial charge in [0, 0.05) is 38.3 Å². The van der Waals surface area contributed by atoms with Gasteiger partial charge in [0.2, 0.25) is 5.91 Å². The number of nitrogens with one attached hydrogen (secondary N) is 2. The highest BCUT2D eigenvalue weighted by Crippen LogP contribution is 2.34. The summed E-state index contributed by atoms with van der Waals surface area (Å²) in [6.07, 6.45) is 5.37. The lowest BCUT2D eigenvalue weighted by Crippen LogP contribution is -2.42. The van der Waals surface area contributed by atoms with Crippen molar-refractivity contribution in [1.29, 1.82) is 0 Å². The number of hydrogen-bond donors (Lipinski definition) is 2. The largest absolute Gasteiger partial charge is 0.381 e. The first kappa shape index (κ1) is 25.6. The molecule has 1 saturated heterocycles. The number of nitrogens with zero attached hydrogens (tertiary/aromatic N) is 3. The number of amides is 1. The molecule has 7 nitrogen and oxygen atoms in total. The van der Waals surface area contributed by atoms with E-state index >= 15 is 0 Å². The van der Waals surface area contributed by atoms with Crippen LogP contribution in [0, 0.1) is 5.92 Å². The summed E-state index contributed by atoms with van der Waals surface area (Å²) >= 11 is 7.32. The van der Waals surface area contributed by atoms with E-state index in [0.717, 1.165) is 38.3 Å². The Labute approximate surface area is 206 Å². The van der Waals surface area contributed by atoms with E-state index in [1.165, 1.54) is 11.9 Å². The highest BCUT2D eigenvalue weighted by Gasteiger charge is 2.33. The summed E-state index contributed by atoms with van der Waals surface area (Å²) < 4.78 is 8.45. The minimum absolute atomic E-state index is 0.0886. The number of aromatic nitrogens is 2. The number of rotatable bonds is 9. The molecule has 3 heterocycles. The van der Waals surface area contributed by atoms with Crippen LogP contribution in [0.25, 0.3) is 0 Å². The minimum Gasteiger partial charge on any atom is -0.381 e. The van der Waals surface area contributed by atoms with E-state index in [1.54, 1.807) is 12.3 Å². The second-order valence-electron chi connectivity index (χ2n) is 9.20. The summed E-state index contributed by atoms with van der Waals surface area (Å²) in [7, 11) is 0. The Kier molecular flexibility index (Phi) is 8.84. The zero-order valence-electron chi connectivity index (χ0n) is 20.0. The van der Waals surface area contributed by atoms with Gasteiger partial charge in [0.05, 0.1) is 21.8 Å². The molecule has 0 atom stereocenters. The van der Waals surface area contributed by atoms with Crippen molar-refractivity contribution in [1.82, 2.24) is 14.7 Å². The first-order valence-corrected chi connectivity index (χ1v) is 12.9. The van der Waals surface area contributed by atoms with Gasteiger partial charge in [0.15, 0.2) is 5.82 Å². The minimum atomic E-state index is -0.799. The summed E-state index contributed by atoms with van der Waals surface area (Å²) in [4.78, 5) is 24.5. The van der Waals surface area contributed by atoms with Crippen LogP contribution in [0.1, 0.15) is 46.2 Å². The van der Waals surface area contributed by atoms with Crippen molar-refractivity contribution in [2.45, 2.75) is 52.0 Å². The summed E-state index contributed by atoms with van der Waals surface area (Å²) in [5.74, 6) is 1.71. The molecule has 33 heavy (non-hydrogen) atoms. The molecule has 3 rings (SSSR count). The molecule has 180 valence electrons. The van der Waals surface area contributed by atoms with Gasteiger partial charge in [-0.3, -0.25) is 9.52 Å². The zero-order valence-corrected chi connectivity index (χ0v) is 21.6. The third kappa shape index (κ3) is 6.52. The molecule has 2 N–H and O–H groups in total. The standard InChI is InChI=1S/C24H34ClN5O2S/c1-16(2)15-30(18-10-12-32-13-11-18)19-7-8-20(24(3,4)23(31)29-33-5)27-22(19)28-21-9-6-17(25)14-26-21/h6-9,14,16,18H,10-13,15H2,1-5H3,(H,29,31)(H,26,27,28). The second kappa shape index (κ2) is 11.4. The number of anilines is 3. The van der Waals surface area contributed by atoms with E-state index < -0.39 is 5.41 Å². The number of hydrogen-bond acceptors (Lipinski definition) is 7. The summed E-state index contributed by atoms with van der Waals surface area (Å²) in [5.41, 5.74) is 0.885. The highest BCUT2D eigenvalue weighted by atomic mass is 35.5. The maximum Gasteiger partial charge on any atom is 0.241 e. The highest BCUT2D eigenvalue weighted by molar-refractivity contribution is 7.97. The van der Waals surface area contributed by atoms with Crippen molar-refractivity contribution in [2.75, 3.05) is 36.2 Å². The predicted molar refractivity (Wildman–Crippen MR) is 137 cm³/mol. The van der Waals surface area contributed by atoms with Gasteiger partial charge < -0.3 is 15.0 Å². The smallest absolute Gasteiger partial charge is 0.241 e.